The molecule has 2 nitrogen and oxygen atoms in total. The van der Waals surface area contributed by atoms with Gasteiger partial charge in [0.1, 0.15) is 11.5 Å². The van der Waals surface area contributed by atoms with Gasteiger partial charge in [0, 0.05) is 30.2 Å². The van der Waals surface area contributed by atoms with Crippen molar-refractivity contribution in [2.24, 2.45) is 0 Å². The SMILES string of the molecule is COCCc1c(-c2ccccc2)oc(-c2ccccc2)c1Br. The molecule has 1 heterocycles. The molecule has 0 spiro atoms. The van der Waals surface area contributed by atoms with Gasteiger partial charge in [-0.05, 0) is 15.9 Å². The summed E-state index contributed by atoms with van der Waals surface area (Å²) in [4.78, 5) is 0. The molecular formula is C19H17BrO2. The van der Waals surface area contributed by atoms with Crippen LogP contribution in [0.2, 0.25) is 0 Å². The lowest BCUT2D eigenvalue weighted by atomic mass is 10.1. The van der Waals surface area contributed by atoms with E-state index in [0.29, 0.717) is 6.61 Å². The molecule has 1 aromatic heterocycles. The van der Waals surface area contributed by atoms with Crippen LogP contribution in [0.15, 0.2) is 69.6 Å². The van der Waals surface area contributed by atoms with Crippen molar-refractivity contribution in [3.05, 3.63) is 70.7 Å². The fourth-order valence-electron chi connectivity index (χ4n) is 2.47. The summed E-state index contributed by atoms with van der Waals surface area (Å²) < 4.78 is 12.5. The van der Waals surface area contributed by atoms with Crippen molar-refractivity contribution in [1.82, 2.24) is 0 Å². The number of rotatable bonds is 5. The van der Waals surface area contributed by atoms with Crippen LogP contribution in [0.1, 0.15) is 5.56 Å². The maximum absolute atomic E-state index is 6.21. The van der Waals surface area contributed by atoms with Crippen LogP contribution in [-0.2, 0) is 11.2 Å². The molecule has 0 bridgehead atoms. The molecule has 0 atom stereocenters. The quantitative estimate of drug-likeness (QED) is 0.596. The molecule has 3 rings (SSSR count). The van der Waals surface area contributed by atoms with Gasteiger partial charge < -0.3 is 9.15 Å². The van der Waals surface area contributed by atoms with Crippen molar-refractivity contribution in [2.75, 3.05) is 13.7 Å². The van der Waals surface area contributed by atoms with Gasteiger partial charge in [-0.2, -0.15) is 0 Å². The van der Waals surface area contributed by atoms with Crippen molar-refractivity contribution in [2.45, 2.75) is 6.42 Å². The number of hydrogen-bond donors (Lipinski definition) is 0. The minimum Gasteiger partial charge on any atom is -0.455 e. The van der Waals surface area contributed by atoms with E-state index in [1.165, 1.54) is 0 Å². The third-order valence-electron chi connectivity index (χ3n) is 3.57. The van der Waals surface area contributed by atoms with Gasteiger partial charge in [-0.25, -0.2) is 0 Å². The molecule has 3 aromatic rings. The Bertz CT molecular complexity index is 733. The Balaban J connectivity index is 2.12. The van der Waals surface area contributed by atoms with Crippen LogP contribution in [-0.4, -0.2) is 13.7 Å². The van der Waals surface area contributed by atoms with Gasteiger partial charge >= 0.3 is 0 Å². The fourth-order valence-corrected chi connectivity index (χ4v) is 3.16. The van der Waals surface area contributed by atoms with E-state index < -0.39 is 0 Å². The number of ether oxygens (including phenoxy) is 1. The summed E-state index contributed by atoms with van der Waals surface area (Å²) in [5, 5.41) is 0. The molecule has 0 saturated carbocycles. The Morgan fingerprint density at radius 3 is 1.95 bits per heavy atom. The predicted octanol–water partition coefficient (Wildman–Crippen LogP) is 5.57. The zero-order chi connectivity index (χ0) is 15.4. The van der Waals surface area contributed by atoms with Gasteiger partial charge in [0.2, 0.25) is 0 Å². The van der Waals surface area contributed by atoms with Crippen LogP contribution in [0, 0.1) is 0 Å². The Hall–Kier alpha value is -1.84. The van der Waals surface area contributed by atoms with E-state index in [9.17, 15) is 0 Å². The first-order valence-electron chi connectivity index (χ1n) is 7.22. The number of furan rings is 1. The molecule has 0 aliphatic rings. The molecule has 0 fully saturated rings. The standard InChI is InChI=1S/C19H17BrO2/c1-21-13-12-16-17(20)19(15-10-6-3-7-11-15)22-18(16)14-8-4-2-5-9-14/h2-11H,12-13H2,1H3. The third kappa shape index (κ3) is 3.01. The lowest BCUT2D eigenvalue weighted by Gasteiger charge is -2.02. The number of benzene rings is 2. The smallest absolute Gasteiger partial charge is 0.149 e. The van der Waals surface area contributed by atoms with Crippen molar-refractivity contribution in [1.29, 1.82) is 0 Å². The summed E-state index contributed by atoms with van der Waals surface area (Å²) in [5.74, 6) is 1.77. The summed E-state index contributed by atoms with van der Waals surface area (Å²) in [5.41, 5.74) is 3.29. The molecule has 0 amide bonds. The van der Waals surface area contributed by atoms with Crippen molar-refractivity contribution < 1.29 is 9.15 Å². The van der Waals surface area contributed by atoms with Crippen molar-refractivity contribution >= 4 is 15.9 Å². The molecule has 2 aromatic carbocycles. The zero-order valence-corrected chi connectivity index (χ0v) is 14.0. The second-order valence-corrected chi connectivity index (χ2v) is 5.82. The van der Waals surface area contributed by atoms with Gasteiger partial charge in [-0.3, -0.25) is 0 Å². The monoisotopic (exact) mass is 356 g/mol. The molecule has 0 N–H and O–H groups in total. The van der Waals surface area contributed by atoms with Gasteiger partial charge in [0.15, 0.2) is 0 Å². The van der Waals surface area contributed by atoms with Crippen LogP contribution >= 0.6 is 15.9 Å². The number of methoxy groups -OCH3 is 1. The normalized spacial score (nSPS) is 10.8. The zero-order valence-electron chi connectivity index (χ0n) is 12.4. The van der Waals surface area contributed by atoms with E-state index in [0.717, 1.165) is 39.1 Å². The Morgan fingerprint density at radius 1 is 0.864 bits per heavy atom. The Labute approximate surface area is 138 Å². The molecule has 0 saturated heterocycles. The Morgan fingerprint density at radius 2 is 1.41 bits per heavy atom. The average Bonchev–Trinajstić information content (AvgIpc) is 2.91. The average molecular weight is 357 g/mol. The van der Waals surface area contributed by atoms with Crippen LogP contribution in [0.5, 0.6) is 0 Å². The van der Waals surface area contributed by atoms with Crippen molar-refractivity contribution in [3.8, 4) is 22.6 Å². The van der Waals surface area contributed by atoms with Crippen molar-refractivity contribution in [3.63, 3.8) is 0 Å². The minimum atomic E-state index is 0.659. The summed E-state index contributed by atoms with van der Waals surface area (Å²) in [7, 11) is 1.72. The molecule has 3 heteroatoms. The highest BCUT2D eigenvalue weighted by Gasteiger charge is 2.20. The van der Waals surface area contributed by atoms with Gasteiger partial charge in [0.05, 0.1) is 11.1 Å². The number of hydrogen-bond acceptors (Lipinski definition) is 2. The van der Waals surface area contributed by atoms with E-state index in [-0.39, 0.29) is 0 Å². The second-order valence-electron chi connectivity index (χ2n) is 5.03. The predicted molar refractivity (Wildman–Crippen MR) is 92.9 cm³/mol. The molecule has 0 unspecified atom stereocenters. The largest absolute Gasteiger partial charge is 0.455 e. The summed E-state index contributed by atoms with van der Waals surface area (Å²) >= 11 is 3.72. The molecular weight excluding hydrogens is 340 g/mol. The van der Waals surface area contributed by atoms with Crippen LogP contribution in [0.25, 0.3) is 22.6 Å². The first-order chi connectivity index (χ1) is 10.8. The minimum absolute atomic E-state index is 0.659. The molecule has 0 aliphatic carbocycles. The van der Waals surface area contributed by atoms with Gasteiger partial charge in [0.25, 0.3) is 0 Å². The van der Waals surface area contributed by atoms with Crippen LogP contribution in [0.3, 0.4) is 0 Å². The molecule has 22 heavy (non-hydrogen) atoms. The third-order valence-corrected chi connectivity index (χ3v) is 4.41. The molecule has 112 valence electrons. The first-order valence-corrected chi connectivity index (χ1v) is 8.01. The first kappa shape index (κ1) is 15.1. The fraction of sp³-hybridized carbons (Fsp3) is 0.158. The lowest BCUT2D eigenvalue weighted by molar-refractivity contribution is 0.202. The van der Waals surface area contributed by atoms with Gasteiger partial charge in [-0.15, -0.1) is 0 Å². The molecule has 0 radical (unpaired) electrons. The Kier molecular flexibility index (Phi) is 4.76. The second kappa shape index (κ2) is 6.95. The summed E-state index contributed by atoms with van der Waals surface area (Å²) in [6.45, 7) is 0.659. The highest BCUT2D eigenvalue weighted by Crippen LogP contribution is 2.40. The highest BCUT2D eigenvalue weighted by molar-refractivity contribution is 9.10. The van der Waals surface area contributed by atoms with Gasteiger partial charge in [-0.1, -0.05) is 60.7 Å². The van der Waals surface area contributed by atoms with Crippen LogP contribution < -0.4 is 0 Å². The molecule has 0 aliphatic heterocycles. The maximum atomic E-state index is 6.21. The van der Waals surface area contributed by atoms with E-state index >= 15 is 0 Å². The lowest BCUT2D eigenvalue weighted by Crippen LogP contribution is -1.95. The summed E-state index contributed by atoms with van der Waals surface area (Å²) in [6.07, 6.45) is 0.803. The number of halogens is 1. The topological polar surface area (TPSA) is 22.4 Å². The highest BCUT2D eigenvalue weighted by atomic mass is 79.9. The van der Waals surface area contributed by atoms with E-state index in [1.807, 2.05) is 36.4 Å². The van der Waals surface area contributed by atoms with E-state index in [1.54, 1.807) is 7.11 Å². The van der Waals surface area contributed by atoms with E-state index in [4.69, 9.17) is 9.15 Å². The van der Waals surface area contributed by atoms with E-state index in [2.05, 4.69) is 40.2 Å². The maximum Gasteiger partial charge on any atom is 0.149 e. The summed E-state index contributed by atoms with van der Waals surface area (Å²) in [6, 6.07) is 20.3. The van der Waals surface area contributed by atoms with Crippen LogP contribution in [0.4, 0.5) is 0 Å².